The van der Waals surface area contributed by atoms with E-state index in [2.05, 4.69) is 33.4 Å². The second kappa shape index (κ2) is 4.91. The number of amides is 1. The maximum atomic E-state index is 12.3. The average molecular weight is 323 g/mol. The molecule has 0 saturated heterocycles. The van der Waals surface area contributed by atoms with Crippen LogP contribution in [0.15, 0.2) is 28.7 Å². The molecule has 0 aliphatic heterocycles. The minimum atomic E-state index is -0.118. The Morgan fingerprint density at radius 2 is 2.16 bits per heavy atom. The topological polar surface area (TPSA) is 55.1 Å². The van der Waals surface area contributed by atoms with Gasteiger partial charge in [0, 0.05) is 16.4 Å². The lowest BCUT2D eigenvalue weighted by atomic mass is 10.0. The third kappa shape index (κ3) is 2.70. The first-order valence-corrected chi connectivity index (χ1v) is 7.72. The van der Waals surface area contributed by atoms with E-state index in [9.17, 15) is 4.79 Å². The zero-order valence-electron chi connectivity index (χ0n) is 10.9. The molecule has 0 aromatic heterocycles. The van der Waals surface area contributed by atoms with Crippen molar-refractivity contribution in [2.45, 2.75) is 43.7 Å². The van der Waals surface area contributed by atoms with Crippen molar-refractivity contribution in [3.63, 3.8) is 0 Å². The minimum Gasteiger partial charge on any atom is -0.346 e. The monoisotopic (exact) mass is 322 g/mol. The highest BCUT2D eigenvalue weighted by molar-refractivity contribution is 9.10. The lowest BCUT2D eigenvalue weighted by molar-refractivity contribution is -0.125. The lowest BCUT2D eigenvalue weighted by Gasteiger charge is -2.21. The molecule has 2 atom stereocenters. The van der Waals surface area contributed by atoms with E-state index in [1.807, 2.05) is 12.1 Å². The number of carbonyl (C=O) groups is 1. The van der Waals surface area contributed by atoms with Crippen molar-refractivity contribution in [1.29, 1.82) is 0 Å². The number of nitrogens with two attached hydrogens (primary N) is 1. The predicted octanol–water partition coefficient (Wildman–Crippen LogP) is 2.68. The smallest absolute Gasteiger partial charge is 0.223 e. The summed E-state index contributed by atoms with van der Waals surface area (Å²) in [6.45, 7) is 0. The highest BCUT2D eigenvalue weighted by Crippen LogP contribution is 2.46. The first kappa shape index (κ1) is 13.1. The van der Waals surface area contributed by atoms with Gasteiger partial charge in [-0.1, -0.05) is 28.1 Å². The first-order chi connectivity index (χ1) is 9.09. The highest BCUT2D eigenvalue weighted by atomic mass is 79.9. The molecule has 0 spiro atoms. The summed E-state index contributed by atoms with van der Waals surface area (Å²) in [5, 5.41) is 3.26. The average Bonchev–Trinajstić information content (AvgIpc) is 3.03. The number of benzene rings is 1. The molecular weight excluding hydrogens is 304 g/mol. The fourth-order valence-electron chi connectivity index (χ4n) is 2.99. The summed E-state index contributed by atoms with van der Waals surface area (Å²) in [5.41, 5.74) is 6.98. The molecular formula is C15H19BrN2O. The van der Waals surface area contributed by atoms with Gasteiger partial charge in [0.2, 0.25) is 5.91 Å². The molecule has 1 aromatic rings. The zero-order chi connectivity index (χ0) is 13.5. The summed E-state index contributed by atoms with van der Waals surface area (Å²) in [4.78, 5) is 12.3. The highest BCUT2D eigenvalue weighted by Gasteiger charge is 2.46. The van der Waals surface area contributed by atoms with Gasteiger partial charge in [0.15, 0.2) is 0 Å². The van der Waals surface area contributed by atoms with Crippen LogP contribution in [0.5, 0.6) is 0 Å². The largest absolute Gasteiger partial charge is 0.346 e. The fraction of sp³-hybridized carbons (Fsp3) is 0.533. The molecule has 2 unspecified atom stereocenters. The van der Waals surface area contributed by atoms with Crippen molar-refractivity contribution in [3.05, 3.63) is 34.3 Å². The molecule has 0 heterocycles. The van der Waals surface area contributed by atoms with Gasteiger partial charge in [-0.2, -0.15) is 0 Å². The molecule has 3 nitrogen and oxygen atoms in total. The second-order valence-corrected chi connectivity index (χ2v) is 6.77. The van der Waals surface area contributed by atoms with E-state index in [4.69, 9.17) is 5.73 Å². The standard InChI is InChI=1S/C15H19BrN2O/c16-12-3-1-2-11(9-12)15(6-7-15)18-14(19)10-4-5-13(17)8-10/h1-3,9-10,13H,4-8,17H2,(H,18,19). The van der Waals surface area contributed by atoms with Crippen LogP contribution in [0.2, 0.25) is 0 Å². The Morgan fingerprint density at radius 1 is 1.37 bits per heavy atom. The van der Waals surface area contributed by atoms with Gasteiger partial charge in [0.05, 0.1) is 5.54 Å². The van der Waals surface area contributed by atoms with Crippen molar-refractivity contribution in [3.8, 4) is 0 Å². The normalized spacial score (nSPS) is 28.1. The summed E-state index contributed by atoms with van der Waals surface area (Å²) in [6.07, 6.45) is 4.81. The minimum absolute atomic E-state index is 0.111. The second-order valence-electron chi connectivity index (χ2n) is 5.85. The number of rotatable bonds is 3. The van der Waals surface area contributed by atoms with E-state index in [1.165, 1.54) is 5.56 Å². The Bertz CT molecular complexity index is 499. The van der Waals surface area contributed by atoms with Crippen LogP contribution < -0.4 is 11.1 Å². The molecule has 2 saturated carbocycles. The molecule has 4 heteroatoms. The summed E-state index contributed by atoms with van der Waals surface area (Å²) in [7, 11) is 0. The van der Waals surface area contributed by atoms with Gasteiger partial charge >= 0.3 is 0 Å². The van der Waals surface area contributed by atoms with Crippen LogP contribution in [0.25, 0.3) is 0 Å². The third-order valence-electron chi connectivity index (χ3n) is 4.33. The van der Waals surface area contributed by atoms with Gasteiger partial charge < -0.3 is 11.1 Å². The van der Waals surface area contributed by atoms with Gasteiger partial charge in [-0.25, -0.2) is 0 Å². The van der Waals surface area contributed by atoms with E-state index < -0.39 is 0 Å². The lowest BCUT2D eigenvalue weighted by Crippen LogP contribution is -2.38. The molecule has 2 aliphatic carbocycles. The molecule has 0 bridgehead atoms. The van der Waals surface area contributed by atoms with Crippen molar-refractivity contribution >= 4 is 21.8 Å². The molecule has 3 N–H and O–H groups in total. The van der Waals surface area contributed by atoms with E-state index in [-0.39, 0.29) is 23.4 Å². The van der Waals surface area contributed by atoms with Crippen LogP contribution in [-0.2, 0) is 10.3 Å². The molecule has 19 heavy (non-hydrogen) atoms. The number of halogens is 1. The Balaban J connectivity index is 1.71. The molecule has 102 valence electrons. The van der Waals surface area contributed by atoms with Crippen molar-refractivity contribution in [2.24, 2.45) is 11.7 Å². The zero-order valence-corrected chi connectivity index (χ0v) is 12.4. The van der Waals surface area contributed by atoms with E-state index >= 15 is 0 Å². The van der Waals surface area contributed by atoms with E-state index in [0.29, 0.717) is 0 Å². The number of hydrogen-bond donors (Lipinski definition) is 2. The van der Waals surface area contributed by atoms with Crippen LogP contribution in [0.1, 0.15) is 37.7 Å². The van der Waals surface area contributed by atoms with E-state index in [1.54, 1.807) is 0 Å². The molecule has 1 aromatic carbocycles. The van der Waals surface area contributed by atoms with Gasteiger partial charge in [-0.3, -0.25) is 4.79 Å². The Labute approximate surface area is 122 Å². The Hall–Kier alpha value is -0.870. The van der Waals surface area contributed by atoms with E-state index in [0.717, 1.165) is 36.6 Å². The van der Waals surface area contributed by atoms with Gasteiger partial charge in [0.25, 0.3) is 0 Å². The first-order valence-electron chi connectivity index (χ1n) is 6.93. The summed E-state index contributed by atoms with van der Waals surface area (Å²) < 4.78 is 1.06. The number of carbonyl (C=O) groups excluding carboxylic acids is 1. The molecule has 3 rings (SSSR count). The van der Waals surface area contributed by atoms with Crippen LogP contribution >= 0.6 is 15.9 Å². The maximum absolute atomic E-state index is 12.3. The van der Waals surface area contributed by atoms with Crippen LogP contribution in [0, 0.1) is 5.92 Å². The predicted molar refractivity (Wildman–Crippen MR) is 78.5 cm³/mol. The maximum Gasteiger partial charge on any atom is 0.223 e. The Kier molecular flexibility index (Phi) is 3.39. The number of hydrogen-bond acceptors (Lipinski definition) is 2. The van der Waals surface area contributed by atoms with Crippen LogP contribution in [-0.4, -0.2) is 11.9 Å². The molecule has 0 radical (unpaired) electrons. The summed E-state index contributed by atoms with van der Waals surface area (Å²) in [5.74, 6) is 0.296. The summed E-state index contributed by atoms with van der Waals surface area (Å²) >= 11 is 3.49. The Morgan fingerprint density at radius 3 is 2.74 bits per heavy atom. The number of nitrogens with one attached hydrogen (secondary N) is 1. The van der Waals surface area contributed by atoms with Crippen LogP contribution in [0.3, 0.4) is 0 Å². The molecule has 2 aliphatic rings. The van der Waals surface area contributed by atoms with Crippen molar-refractivity contribution < 1.29 is 4.79 Å². The SMILES string of the molecule is NC1CCC(C(=O)NC2(c3cccc(Br)c3)CC2)C1. The molecule has 2 fully saturated rings. The van der Waals surface area contributed by atoms with Crippen molar-refractivity contribution in [2.75, 3.05) is 0 Å². The van der Waals surface area contributed by atoms with Crippen molar-refractivity contribution in [1.82, 2.24) is 5.32 Å². The van der Waals surface area contributed by atoms with Gasteiger partial charge in [-0.05, 0) is 49.8 Å². The fourth-order valence-corrected chi connectivity index (χ4v) is 3.39. The van der Waals surface area contributed by atoms with Crippen LogP contribution in [0.4, 0.5) is 0 Å². The van der Waals surface area contributed by atoms with Gasteiger partial charge in [-0.15, -0.1) is 0 Å². The molecule has 1 amide bonds. The summed E-state index contributed by atoms with van der Waals surface area (Å²) in [6, 6.07) is 8.44. The quantitative estimate of drug-likeness (QED) is 0.898. The third-order valence-corrected chi connectivity index (χ3v) is 4.83. The van der Waals surface area contributed by atoms with Gasteiger partial charge in [0.1, 0.15) is 0 Å².